The molecule has 1 atom stereocenters. The maximum absolute atomic E-state index is 10.9. The van der Waals surface area contributed by atoms with E-state index in [9.17, 15) is 13.2 Å². The van der Waals surface area contributed by atoms with Crippen LogP contribution in [0.1, 0.15) is 19.8 Å². The van der Waals surface area contributed by atoms with Crippen molar-refractivity contribution in [1.82, 2.24) is 0 Å². The molecule has 0 saturated carbocycles. The van der Waals surface area contributed by atoms with Crippen molar-refractivity contribution in [1.29, 1.82) is 0 Å². The van der Waals surface area contributed by atoms with E-state index >= 15 is 0 Å². The third kappa shape index (κ3) is 3.28. The Hall–Kier alpha value is -0.680. The molecule has 0 heterocycles. The fourth-order valence-corrected chi connectivity index (χ4v) is 1.93. The standard InChI is InChI=1S/C8H12O4S/c1-6-5-7(9)3-4-8(6)12-13(2,10)11/h5,8H,3-4H2,1-2H3. The lowest BCUT2D eigenvalue weighted by Crippen LogP contribution is -2.23. The molecule has 0 amide bonds. The summed E-state index contributed by atoms with van der Waals surface area (Å²) in [6.45, 7) is 1.70. The van der Waals surface area contributed by atoms with Crippen molar-refractivity contribution in [3.63, 3.8) is 0 Å². The van der Waals surface area contributed by atoms with Gasteiger partial charge >= 0.3 is 0 Å². The highest BCUT2D eigenvalue weighted by Gasteiger charge is 2.22. The Kier molecular flexibility index (Phi) is 2.87. The van der Waals surface area contributed by atoms with Gasteiger partial charge < -0.3 is 0 Å². The molecule has 0 bridgehead atoms. The summed E-state index contributed by atoms with van der Waals surface area (Å²) in [5, 5.41) is 0. The quantitative estimate of drug-likeness (QED) is 0.619. The van der Waals surface area contributed by atoms with E-state index in [0.717, 1.165) is 6.26 Å². The molecule has 0 spiro atoms. The van der Waals surface area contributed by atoms with Crippen molar-refractivity contribution >= 4 is 15.9 Å². The molecule has 0 aliphatic heterocycles. The van der Waals surface area contributed by atoms with Crippen molar-refractivity contribution in [2.45, 2.75) is 25.9 Å². The van der Waals surface area contributed by atoms with Crippen LogP contribution in [-0.2, 0) is 19.1 Å². The first-order chi connectivity index (χ1) is 5.88. The predicted octanol–water partition coefficient (Wildman–Crippen LogP) is 0.640. The third-order valence-corrected chi connectivity index (χ3v) is 2.42. The molecule has 1 rings (SSSR count). The molecule has 1 aliphatic rings. The molecule has 0 fully saturated rings. The molecule has 5 heteroatoms. The molecule has 1 unspecified atom stereocenters. The first-order valence-electron chi connectivity index (χ1n) is 3.98. The normalized spacial score (nSPS) is 24.3. The zero-order valence-corrected chi connectivity index (χ0v) is 8.43. The highest BCUT2D eigenvalue weighted by molar-refractivity contribution is 7.86. The van der Waals surface area contributed by atoms with Crippen LogP contribution in [0.25, 0.3) is 0 Å². The van der Waals surface area contributed by atoms with Crippen LogP contribution in [0.4, 0.5) is 0 Å². The second kappa shape index (κ2) is 3.59. The van der Waals surface area contributed by atoms with E-state index in [1.165, 1.54) is 6.08 Å². The fourth-order valence-electron chi connectivity index (χ4n) is 1.26. The SMILES string of the molecule is CC1=CC(=O)CCC1OS(C)(=O)=O. The van der Waals surface area contributed by atoms with Gasteiger partial charge in [0.15, 0.2) is 5.78 Å². The van der Waals surface area contributed by atoms with E-state index in [4.69, 9.17) is 4.18 Å². The van der Waals surface area contributed by atoms with Gasteiger partial charge in [0.2, 0.25) is 0 Å². The topological polar surface area (TPSA) is 60.4 Å². The van der Waals surface area contributed by atoms with Crippen molar-refractivity contribution in [3.05, 3.63) is 11.6 Å². The molecule has 4 nitrogen and oxygen atoms in total. The van der Waals surface area contributed by atoms with Gasteiger partial charge in [-0.05, 0) is 25.0 Å². The number of hydrogen-bond acceptors (Lipinski definition) is 4. The van der Waals surface area contributed by atoms with Crippen molar-refractivity contribution < 1.29 is 17.4 Å². The average Bonchev–Trinajstić information content (AvgIpc) is 1.93. The molecule has 0 radical (unpaired) electrons. The Labute approximate surface area is 77.7 Å². The fraction of sp³-hybridized carbons (Fsp3) is 0.625. The second-order valence-electron chi connectivity index (χ2n) is 3.18. The van der Waals surface area contributed by atoms with Crippen molar-refractivity contribution in [2.24, 2.45) is 0 Å². The summed E-state index contributed by atoms with van der Waals surface area (Å²) in [7, 11) is -3.43. The van der Waals surface area contributed by atoms with Crippen LogP contribution in [0, 0.1) is 0 Å². The molecule has 13 heavy (non-hydrogen) atoms. The van der Waals surface area contributed by atoms with Gasteiger partial charge in [-0.2, -0.15) is 8.42 Å². The summed E-state index contributed by atoms with van der Waals surface area (Å²) < 4.78 is 26.4. The van der Waals surface area contributed by atoms with E-state index in [1.807, 2.05) is 0 Å². The van der Waals surface area contributed by atoms with Gasteiger partial charge in [0.1, 0.15) is 0 Å². The Bertz CT molecular complexity index is 339. The highest BCUT2D eigenvalue weighted by atomic mass is 32.2. The van der Waals surface area contributed by atoms with Gasteiger partial charge in [-0.1, -0.05) is 0 Å². The van der Waals surface area contributed by atoms with Crippen molar-refractivity contribution in [3.8, 4) is 0 Å². The van der Waals surface area contributed by atoms with Crippen LogP contribution < -0.4 is 0 Å². The van der Waals surface area contributed by atoms with Crippen LogP contribution in [0.5, 0.6) is 0 Å². The molecule has 0 N–H and O–H groups in total. The molecule has 0 aromatic heterocycles. The van der Waals surface area contributed by atoms with Gasteiger partial charge in [0.05, 0.1) is 12.4 Å². The molecule has 0 aromatic rings. The summed E-state index contributed by atoms with van der Waals surface area (Å²) in [5.41, 5.74) is 0.682. The largest absolute Gasteiger partial charge is 0.295 e. The first kappa shape index (κ1) is 10.4. The van der Waals surface area contributed by atoms with Gasteiger partial charge in [0, 0.05) is 6.42 Å². The van der Waals surface area contributed by atoms with Crippen molar-refractivity contribution in [2.75, 3.05) is 6.26 Å². The highest BCUT2D eigenvalue weighted by Crippen LogP contribution is 2.20. The maximum atomic E-state index is 10.9. The Morgan fingerprint density at radius 3 is 2.62 bits per heavy atom. The smallest absolute Gasteiger partial charge is 0.264 e. The Balaban J connectivity index is 2.74. The Morgan fingerprint density at radius 2 is 2.15 bits per heavy atom. The third-order valence-electron chi connectivity index (χ3n) is 1.84. The van der Waals surface area contributed by atoms with Crippen LogP contribution >= 0.6 is 0 Å². The van der Waals surface area contributed by atoms with E-state index < -0.39 is 16.2 Å². The molecule has 1 aliphatic carbocycles. The lowest BCUT2D eigenvalue weighted by Gasteiger charge is -2.19. The van der Waals surface area contributed by atoms with Crippen LogP contribution in [0.2, 0.25) is 0 Å². The zero-order valence-electron chi connectivity index (χ0n) is 7.61. The zero-order chi connectivity index (χ0) is 10.1. The molecular formula is C8H12O4S. The lowest BCUT2D eigenvalue weighted by atomic mass is 9.97. The summed E-state index contributed by atoms with van der Waals surface area (Å²) >= 11 is 0. The molecule has 0 saturated heterocycles. The van der Waals surface area contributed by atoms with E-state index in [0.29, 0.717) is 18.4 Å². The van der Waals surface area contributed by atoms with Crippen LogP contribution in [0.3, 0.4) is 0 Å². The minimum atomic E-state index is -3.43. The van der Waals surface area contributed by atoms with Crippen LogP contribution in [-0.4, -0.2) is 26.6 Å². The summed E-state index contributed by atoms with van der Waals surface area (Å²) in [6, 6.07) is 0. The minimum absolute atomic E-state index is 0.0332. The Morgan fingerprint density at radius 1 is 1.54 bits per heavy atom. The monoisotopic (exact) mass is 204 g/mol. The van der Waals surface area contributed by atoms with Crippen LogP contribution in [0.15, 0.2) is 11.6 Å². The molecular weight excluding hydrogens is 192 g/mol. The van der Waals surface area contributed by atoms with Gasteiger partial charge in [-0.15, -0.1) is 0 Å². The number of ketones is 1. The van der Waals surface area contributed by atoms with E-state index in [1.54, 1.807) is 6.92 Å². The average molecular weight is 204 g/mol. The van der Waals surface area contributed by atoms with Gasteiger partial charge in [-0.25, -0.2) is 0 Å². The summed E-state index contributed by atoms with van der Waals surface area (Å²) in [6.07, 6.45) is 2.81. The molecule has 0 aromatic carbocycles. The number of rotatable bonds is 2. The minimum Gasteiger partial charge on any atom is -0.295 e. The second-order valence-corrected chi connectivity index (χ2v) is 4.78. The number of allylic oxidation sites excluding steroid dienone is 1. The first-order valence-corrected chi connectivity index (χ1v) is 5.79. The summed E-state index contributed by atoms with van der Waals surface area (Å²) in [4.78, 5) is 10.9. The van der Waals surface area contributed by atoms with E-state index in [-0.39, 0.29) is 5.78 Å². The number of carbonyl (C=O) groups is 1. The number of hydrogen-bond donors (Lipinski definition) is 0. The molecule has 74 valence electrons. The van der Waals surface area contributed by atoms with E-state index in [2.05, 4.69) is 0 Å². The van der Waals surface area contributed by atoms with Gasteiger partial charge in [-0.3, -0.25) is 8.98 Å². The lowest BCUT2D eigenvalue weighted by molar-refractivity contribution is -0.115. The summed E-state index contributed by atoms with van der Waals surface area (Å²) in [5.74, 6) is 0.0332. The number of carbonyl (C=O) groups excluding carboxylic acids is 1. The van der Waals surface area contributed by atoms with Gasteiger partial charge in [0.25, 0.3) is 10.1 Å². The maximum Gasteiger partial charge on any atom is 0.264 e. The predicted molar refractivity (Wildman–Crippen MR) is 47.7 cm³/mol.